The zero-order valence-corrected chi connectivity index (χ0v) is 21.5. The van der Waals surface area contributed by atoms with Crippen LogP contribution in [0.25, 0.3) is 10.2 Å². The van der Waals surface area contributed by atoms with Crippen molar-refractivity contribution in [3.05, 3.63) is 92.5 Å². The van der Waals surface area contributed by atoms with Gasteiger partial charge in [-0.05, 0) is 30.4 Å². The van der Waals surface area contributed by atoms with Crippen LogP contribution < -0.4 is 5.56 Å². The second kappa shape index (κ2) is 10.7. The van der Waals surface area contributed by atoms with Crippen molar-refractivity contribution in [3.8, 4) is 0 Å². The number of benzene rings is 1. The Morgan fingerprint density at radius 2 is 1.83 bits per heavy atom. The maximum atomic E-state index is 13.6. The average Bonchev–Trinajstić information content (AvgIpc) is 3.30. The van der Waals surface area contributed by atoms with Gasteiger partial charge in [0.1, 0.15) is 16.5 Å². The number of hydroxylamine groups is 3. The molecule has 0 fully saturated rings. The maximum absolute atomic E-state index is 13.6. The minimum atomic E-state index is -0.397. The smallest absolute Gasteiger partial charge is 0.262 e. The van der Waals surface area contributed by atoms with Crippen molar-refractivity contribution in [1.29, 1.82) is 0 Å². The van der Waals surface area contributed by atoms with Crippen molar-refractivity contribution in [2.45, 2.75) is 39.4 Å². The van der Waals surface area contributed by atoms with E-state index in [9.17, 15) is 10.0 Å². The Hall–Kier alpha value is -2.98. The van der Waals surface area contributed by atoms with Gasteiger partial charge in [-0.1, -0.05) is 37.3 Å². The van der Waals surface area contributed by atoms with Crippen molar-refractivity contribution in [2.24, 2.45) is 0 Å². The molecule has 184 valence electrons. The Morgan fingerprint density at radius 1 is 1.11 bits per heavy atom. The molecule has 1 atom stereocenters. The molecule has 35 heavy (non-hydrogen) atoms. The highest BCUT2D eigenvalue weighted by Crippen LogP contribution is 2.27. The van der Waals surface area contributed by atoms with E-state index in [1.807, 2.05) is 61.1 Å². The highest BCUT2D eigenvalue weighted by atomic mass is 32.1. The summed E-state index contributed by atoms with van der Waals surface area (Å²) in [5.74, 6) is 1.44. The van der Waals surface area contributed by atoms with E-state index in [2.05, 4.69) is 21.8 Å². The number of thiophene rings is 1. The number of aryl methyl sites for hydroxylation is 1. The minimum Gasteiger partial charge on any atom is -0.633 e. The molecule has 0 radical (unpaired) electrons. The standard InChI is InChI=1S/C26H32N6O2S/c1-5-23(30(12-13-32(3,4)34)17-21-15-27-19(2)28-16-21)24-29-25-22(11-14-35-25)26(33)31(24)18-20-9-7-6-8-10-20/h6-11,14-16,23H,5,12-13,17-18H2,1-4H3. The summed E-state index contributed by atoms with van der Waals surface area (Å²) in [6.07, 6.45) is 4.38. The summed E-state index contributed by atoms with van der Waals surface area (Å²) in [6.45, 7) is 5.91. The highest BCUT2D eigenvalue weighted by molar-refractivity contribution is 7.16. The molecular formula is C26H32N6O2S. The summed E-state index contributed by atoms with van der Waals surface area (Å²) < 4.78 is 1.40. The van der Waals surface area contributed by atoms with Gasteiger partial charge in [-0.15, -0.1) is 11.3 Å². The number of rotatable bonds is 10. The van der Waals surface area contributed by atoms with Crippen molar-refractivity contribution in [2.75, 3.05) is 27.2 Å². The lowest BCUT2D eigenvalue weighted by atomic mass is 10.1. The number of aromatic nitrogens is 4. The molecule has 0 saturated heterocycles. The lowest BCUT2D eigenvalue weighted by Gasteiger charge is -2.38. The Balaban J connectivity index is 1.79. The van der Waals surface area contributed by atoms with Gasteiger partial charge in [0.05, 0.1) is 38.6 Å². The molecule has 4 rings (SSSR count). The number of hydrogen-bond donors (Lipinski definition) is 0. The first-order valence-electron chi connectivity index (χ1n) is 11.8. The molecule has 0 bridgehead atoms. The second-order valence-corrected chi connectivity index (χ2v) is 10.2. The summed E-state index contributed by atoms with van der Waals surface area (Å²) >= 11 is 1.48. The first kappa shape index (κ1) is 25.1. The third-order valence-corrected chi connectivity index (χ3v) is 6.87. The van der Waals surface area contributed by atoms with Crippen LogP contribution in [0.1, 0.15) is 42.2 Å². The lowest BCUT2D eigenvalue weighted by Crippen LogP contribution is -2.43. The molecule has 9 heteroatoms. The summed E-state index contributed by atoms with van der Waals surface area (Å²) in [4.78, 5) is 30.3. The van der Waals surface area contributed by atoms with Crippen molar-refractivity contribution >= 4 is 21.6 Å². The van der Waals surface area contributed by atoms with Gasteiger partial charge in [0.15, 0.2) is 0 Å². The van der Waals surface area contributed by atoms with Crippen molar-refractivity contribution in [3.63, 3.8) is 0 Å². The predicted octanol–water partition coefficient (Wildman–Crippen LogP) is 4.13. The van der Waals surface area contributed by atoms with Gasteiger partial charge < -0.3 is 9.85 Å². The van der Waals surface area contributed by atoms with Crippen LogP contribution in [0.15, 0.2) is 59.0 Å². The molecule has 0 saturated carbocycles. The largest absolute Gasteiger partial charge is 0.633 e. The average molecular weight is 493 g/mol. The SMILES string of the molecule is CCC(c1nc2sccc2c(=O)n1Cc1ccccc1)N(CC[N+](C)(C)[O-])Cc1cnc(C)nc1. The molecule has 1 aromatic carbocycles. The van der Waals surface area contributed by atoms with Crippen LogP contribution in [-0.2, 0) is 13.1 Å². The van der Waals surface area contributed by atoms with Gasteiger partial charge in [-0.2, -0.15) is 0 Å². The second-order valence-electron chi connectivity index (χ2n) is 9.32. The number of quaternary nitrogens is 1. The van der Waals surface area contributed by atoms with E-state index < -0.39 is 4.65 Å². The molecule has 4 aromatic rings. The van der Waals surface area contributed by atoms with E-state index in [0.717, 1.165) is 28.2 Å². The Bertz CT molecular complexity index is 1310. The maximum Gasteiger partial charge on any atom is 0.262 e. The molecule has 8 nitrogen and oxygen atoms in total. The van der Waals surface area contributed by atoms with E-state index in [1.165, 1.54) is 11.3 Å². The molecule has 3 heterocycles. The van der Waals surface area contributed by atoms with Gasteiger partial charge in [-0.25, -0.2) is 15.0 Å². The molecule has 0 aliphatic carbocycles. The molecule has 3 aromatic heterocycles. The number of fused-ring (bicyclic) bond motifs is 1. The van der Waals surface area contributed by atoms with Gasteiger partial charge in [0.25, 0.3) is 5.56 Å². The van der Waals surface area contributed by atoms with E-state index in [0.29, 0.717) is 37.4 Å². The zero-order chi connectivity index (χ0) is 25.0. The fourth-order valence-electron chi connectivity index (χ4n) is 4.19. The quantitative estimate of drug-likeness (QED) is 0.244. The number of likely N-dealkylation sites (N-methyl/N-ethyl adjacent to an activating group) is 1. The van der Waals surface area contributed by atoms with Gasteiger partial charge in [0.2, 0.25) is 0 Å². The summed E-state index contributed by atoms with van der Waals surface area (Å²) in [5.41, 5.74) is 1.96. The van der Waals surface area contributed by atoms with Gasteiger partial charge in [0, 0.05) is 31.0 Å². The van der Waals surface area contributed by atoms with Crippen molar-refractivity contribution in [1.82, 2.24) is 24.4 Å². The number of nitrogens with zero attached hydrogens (tertiary/aromatic N) is 6. The summed E-state index contributed by atoms with van der Waals surface area (Å²) in [6, 6.07) is 11.7. The molecule has 0 N–H and O–H groups in total. The summed E-state index contributed by atoms with van der Waals surface area (Å²) in [5, 5.41) is 15.0. The fraction of sp³-hybridized carbons (Fsp3) is 0.385. The van der Waals surface area contributed by atoms with E-state index in [4.69, 9.17) is 4.98 Å². The Labute approximate surface area is 209 Å². The molecule has 0 spiro atoms. The molecule has 0 aliphatic heterocycles. The fourth-order valence-corrected chi connectivity index (χ4v) is 4.95. The first-order valence-corrected chi connectivity index (χ1v) is 12.7. The zero-order valence-electron chi connectivity index (χ0n) is 20.7. The molecule has 0 aliphatic rings. The van der Waals surface area contributed by atoms with E-state index >= 15 is 0 Å². The number of hydrogen-bond acceptors (Lipinski definition) is 7. The minimum absolute atomic E-state index is 0.0351. The van der Waals surface area contributed by atoms with Crippen molar-refractivity contribution < 1.29 is 4.65 Å². The highest BCUT2D eigenvalue weighted by Gasteiger charge is 2.27. The third kappa shape index (κ3) is 6.18. The van der Waals surface area contributed by atoms with Gasteiger partial charge in [-0.3, -0.25) is 14.3 Å². The van der Waals surface area contributed by atoms with Crippen LogP contribution in [0.5, 0.6) is 0 Å². The van der Waals surface area contributed by atoms with E-state index in [1.54, 1.807) is 18.7 Å². The molecular weight excluding hydrogens is 460 g/mol. The third-order valence-electron chi connectivity index (χ3n) is 6.07. The molecule has 0 amide bonds. The normalized spacial score (nSPS) is 13.0. The predicted molar refractivity (Wildman–Crippen MR) is 140 cm³/mol. The topological polar surface area (TPSA) is 87.0 Å². The van der Waals surface area contributed by atoms with Crippen LogP contribution in [0.3, 0.4) is 0 Å². The monoisotopic (exact) mass is 492 g/mol. The Kier molecular flexibility index (Phi) is 7.71. The molecule has 1 unspecified atom stereocenters. The lowest BCUT2D eigenvalue weighted by molar-refractivity contribution is -0.839. The van der Waals surface area contributed by atoms with Crippen LogP contribution >= 0.6 is 11.3 Å². The van der Waals surface area contributed by atoms with Crippen LogP contribution in [-0.4, -0.2) is 56.3 Å². The summed E-state index contributed by atoms with van der Waals surface area (Å²) in [7, 11) is 3.30. The Morgan fingerprint density at radius 3 is 2.49 bits per heavy atom. The van der Waals surface area contributed by atoms with Crippen LogP contribution in [0, 0.1) is 12.1 Å². The first-order chi connectivity index (χ1) is 16.7. The van der Waals surface area contributed by atoms with Crippen LogP contribution in [0.4, 0.5) is 0 Å². The van der Waals surface area contributed by atoms with E-state index in [-0.39, 0.29) is 11.6 Å². The van der Waals surface area contributed by atoms with Gasteiger partial charge >= 0.3 is 0 Å². The van der Waals surface area contributed by atoms with Crippen LogP contribution in [0.2, 0.25) is 0 Å².